The normalized spacial score (nSPS) is 20.6. The Labute approximate surface area is 188 Å². The summed E-state index contributed by atoms with van der Waals surface area (Å²) in [6.07, 6.45) is 4.09. The van der Waals surface area contributed by atoms with Crippen LogP contribution in [0.3, 0.4) is 0 Å². The Kier molecular flexibility index (Phi) is 4.97. The summed E-state index contributed by atoms with van der Waals surface area (Å²) in [6, 6.07) is 12.3. The van der Waals surface area contributed by atoms with Crippen LogP contribution in [0.15, 0.2) is 36.4 Å². The van der Waals surface area contributed by atoms with E-state index in [1.807, 2.05) is 18.2 Å². The predicted octanol–water partition coefficient (Wildman–Crippen LogP) is 6.31. The second-order valence-corrected chi connectivity index (χ2v) is 10.5. The zero-order valence-corrected chi connectivity index (χ0v) is 19.5. The topological polar surface area (TPSA) is 50.4 Å². The molecule has 0 bridgehead atoms. The number of ether oxygens (including phenoxy) is 1. The molecule has 0 radical (unpaired) electrons. The number of carbonyl (C=O) groups excluding carboxylic acids is 1. The number of hydrogen-bond acceptors (Lipinski definition) is 4. The van der Waals surface area contributed by atoms with Gasteiger partial charge in [0.15, 0.2) is 0 Å². The SMILES string of the molecule is CCC(C)(C)[C@H]1CCc2c(sc3c2C(=O)N[C@H](c2c(OC)ccc4ccccc24)N3)C1. The number of carbonyl (C=O) groups is 1. The summed E-state index contributed by atoms with van der Waals surface area (Å²) in [5, 5.41) is 10.1. The molecule has 1 aromatic heterocycles. The molecule has 0 fully saturated rings. The monoisotopic (exact) mass is 434 g/mol. The smallest absolute Gasteiger partial charge is 0.256 e. The van der Waals surface area contributed by atoms with Crippen molar-refractivity contribution in [2.75, 3.05) is 12.4 Å². The quantitative estimate of drug-likeness (QED) is 0.506. The summed E-state index contributed by atoms with van der Waals surface area (Å²) in [5.74, 6) is 1.48. The lowest BCUT2D eigenvalue weighted by Crippen LogP contribution is -2.38. The molecule has 31 heavy (non-hydrogen) atoms. The summed E-state index contributed by atoms with van der Waals surface area (Å²) < 4.78 is 5.69. The average molecular weight is 435 g/mol. The number of nitrogens with one attached hydrogen (secondary N) is 2. The van der Waals surface area contributed by atoms with Crippen LogP contribution in [0.4, 0.5) is 5.00 Å². The highest BCUT2D eigenvalue weighted by atomic mass is 32.1. The molecular formula is C26H30N2O2S. The first-order chi connectivity index (χ1) is 14.9. The first kappa shape index (κ1) is 20.4. The van der Waals surface area contributed by atoms with Crippen LogP contribution in [-0.4, -0.2) is 13.0 Å². The average Bonchev–Trinajstić information content (AvgIpc) is 3.16. The summed E-state index contributed by atoms with van der Waals surface area (Å²) in [4.78, 5) is 14.7. The molecule has 5 rings (SSSR count). The van der Waals surface area contributed by atoms with Gasteiger partial charge in [-0.25, -0.2) is 0 Å². The summed E-state index contributed by atoms with van der Waals surface area (Å²) in [6.45, 7) is 7.04. The second-order valence-electron chi connectivity index (χ2n) is 9.44. The van der Waals surface area contributed by atoms with Crippen molar-refractivity contribution in [2.24, 2.45) is 11.3 Å². The molecule has 0 saturated heterocycles. The van der Waals surface area contributed by atoms with Gasteiger partial charge in [0.05, 0.1) is 12.7 Å². The third-order valence-corrected chi connectivity index (χ3v) is 8.68. The van der Waals surface area contributed by atoms with E-state index in [9.17, 15) is 4.79 Å². The molecule has 1 aliphatic carbocycles. The predicted molar refractivity (Wildman–Crippen MR) is 128 cm³/mol. The van der Waals surface area contributed by atoms with Crippen molar-refractivity contribution < 1.29 is 9.53 Å². The number of anilines is 1. The summed E-state index contributed by atoms with van der Waals surface area (Å²) >= 11 is 1.78. The summed E-state index contributed by atoms with van der Waals surface area (Å²) in [5.41, 5.74) is 3.44. The first-order valence-electron chi connectivity index (χ1n) is 11.2. The van der Waals surface area contributed by atoms with Crippen LogP contribution >= 0.6 is 11.3 Å². The molecular weight excluding hydrogens is 404 g/mol. The van der Waals surface area contributed by atoms with E-state index in [1.54, 1.807) is 18.4 Å². The lowest BCUT2D eigenvalue weighted by Gasteiger charge is -2.36. The minimum Gasteiger partial charge on any atom is -0.496 e. The maximum Gasteiger partial charge on any atom is 0.256 e. The molecule has 0 saturated carbocycles. The number of methoxy groups -OCH3 is 1. The van der Waals surface area contributed by atoms with Gasteiger partial charge in [-0.3, -0.25) is 4.79 Å². The maximum absolute atomic E-state index is 13.3. The van der Waals surface area contributed by atoms with Gasteiger partial charge in [-0.05, 0) is 53.0 Å². The first-order valence-corrected chi connectivity index (χ1v) is 12.0. The Morgan fingerprint density at radius 3 is 2.74 bits per heavy atom. The zero-order valence-electron chi connectivity index (χ0n) is 18.7. The van der Waals surface area contributed by atoms with E-state index in [2.05, 4.69) is 49.6 Å². The van der Waals surface area contributed by atoms with Crippen molar-refractivity contribution in [3.8, 4) is 5.75 Å². The molecule has 2 heterocycles. The van der Waals surface area contributed by atoms with Crippen LogP contribution in [-0.2, 0) is 12.8 Å². The molecule has 4 nitrogen and oxygen atoms in total. The van der Waals surface area contributed by atoms with Gasteiger partial charge in [0, 0.05) is 10.4 Å². The van der Waals surface area contributed by atoms with Gasteiger partial charge in [-0.15, -0.1) is 11.3 Å². The largest absolute Gasteiger partial charge is 0.496 e. The number of rotatable bonds is 4. The van der Waals surface area contributed by atoms with E-state index in [4.69, 9.17) is 4.74 Å². The number of hydrogen-bond donors (Lipinski definition) is 2. The number of benzene rings is 2. The van der Waals surface area contributed by atoms with Gasteiger partial charge >= 0.3 is 0 Å². The Balaban J connectivity index is 1.54. The number of thiophene rings is 1. The molecule has 3 aromatic rings. The molecule has 2 N–H and O–H groups in total. The standard InChI is InChI=1S/C26H30N2O2S/c1-5-26(2,3)16-11-12-18-20(14-16)31-25-22(18)24(29)27-23(28-25)21-17-9-7-6-8-15(17)10-13-19(21)30-4/h6-10,13,16,23,28H,5,11-12,14H2,1-4H3,(H,27,29)/t16-,23-/m0/s1. The highest BCUT2D eigenvalue weighted by molar-refractivity contribution is 7.16. The van der Waals surface area contributed by atoms with Crippen LogP contribution in [0.5, 0.6) is 5.75 Å². The van der Waals surface area contributed by atoms with Crippen molar-refractivity contribution in [3.63, 3.8) is 0 Å². The fourth-order valence-electron chi connectivity index (χ4n) is 5.15. The third-order valence-electron chi connectivity index (χ3n) is 7.50. The molecule has 2 atom stereocenters. The molecule has 1 amide bonds. The van der Waals surface area contributed by atoms with Crippen molar-refractivity contribution in [2.45, 2.75) is 52.6 Å². The molecule has 0 unspecified atom stereocenters. The molecule has 1 aliphatic heterocycles. The van der Waals surface area contributed by atoms with Crippen molar-refractivity contribution in [1.82, 2.24) is 5.32 Å². The van der Waals surface area contributed by atoms with Crippen LogP contribution in [0.2, 0.25) is 0 Å². The van der Waals surface area contributed by atoms with Gasteiger partial charge in [-0.2, -0.15) is 0 Å². The Morgan fingerprint density at radius 1 is 1.16 bits per heavy atom. The Morgan fingerprint density at radius 2 is 1.97 bits per heavy atom. The van der Waals surface area contributed by atoms with Crippen LogP contribution in [0.25, 0.3) is 10.8 Å². The fourth-order valence-corrected chi connectivity index (χ4v) is 6.50. The lowest BCUT2D eigenvalue weighted by atomic mass is 9.69. The lowest BCUT2D eigenvalue weighted by molar-refractivity contribution is 0.0934. The molecule has 5 heteroatoms. The van der Waals surface area contributed by atoms with E-state index in [0.717, 1.165) is 51.9 Å². The summed E-state index contributed by atoms with van der Waals surface area (Å²) in [7, 11) is 1.68. The van der Waals surface area contributed by atoms with Gasteiger partial charge < -0.3 is 15.4 Å². The Bertz CT molecular complexity index is 1160. The van der Waals surface area contributed by atoms with Gasteiger partial charge in [0.1, 0.15) is 16.9 Å². The molecule has 162 valence electrons. The van der Waals surface area contributed by atoms with E-state index < -0.39 is 0 Å². The van der Waals surface area contributed by atoms with E-state index in [1.165, 1.54) is 16.9 Å². The minimum atomic E-state index is -0.316. The highest BCUT2D eigenvalue weighted by Crippen LogP contribution is 2.47. The number of fused-ring (bicyclic) bond motifs is 4. The zero-order chi connectivity index (χ0) is 21.8. The van der Waals surface area contributed by atoms with E-state index in [-0.39, 0.29) is 12.1 Å². The molecule has 0 spiro atoms. The van der Waals surface area contributed by atoms with E-state index >= 15 is 0 Å². The van der Waals surface area contributed by atoms with Crippen LogP contribution < -0.4 is 15.4 Å². The van der Waals surface area contributed by atoms with Crippen LogP contribution in [0.1, 0.15) is 66.1 Å². The number of amides is 1. The minimum absolute atomic E-state index is 0.0273. The maximum atomic E-state index is 13.3. The third kappa shape index (κ3) is 3.30. The Hall–Kier alpha value is -2.53. The highest BCUT2D eigenvalue weighted by Gasteiger charge is 2.38. The van der Waals surface area contributed by atoms with Crippen LogP contribution in [0, 0.1) is 11.3 Å². The fraction of sp³-hybridized carbons (Fsp3) is 0.423. The van der Waals surface area contributed by atoms with Gasteiger partial charge in [0.2, 0.25) is 0 Å². The van der Waals surface area contributed by atoms with Gasteiger partial charge in [-0.1, -0.05) is 57.5 Å². The van der Waals surface area contributed by atoms with Crippen molar-refractivity contribution >= 4 is 33.0 Å². The molecule has 2 aromatic carbocycles. The van der Waals surface area contributed by atoms with Gasteiger partial charge in [0.25, 0.3) is 5.91 Å². The van der Waals surface area contributed by atoms with Crippen molar-refractivity contribution in [1.29, 1.82) is 0 Å². The van der Waals surface area contributed by atoms with Crippen molar-refractivity contribution in [3.05, 3.63) is 58.0 Å². The van der Waals surface area contributed by atoms with E-state index in [0.29, 0.717) is 11.3 Å². The second kappa shape index (κ2) is 7.56. The molecule has 2 aliphatic rings.